The smallest absolute Gasteiger partial charge is 0.118 e. The summed E-state index contributed by atoms with van der Waals surface area (Å²) < 4.78 is 5.18. The molecule has 1 N–H and O–H groups in total. The lowest BCUT2D eigenvalue weighted by atomic mass is 9.78. The molecule has 0 aliphatic carbocycles. The summed E-state index contributed by atoms with van der Waals surface area (Å²) in [6, 6.07) is 8.23. The molecule has 1 unspecified atom stereocenters. The molecule has 1 aliphatic heterocycles. The number of allylic oxidation sites excluding steroid dienone is 1. The molecular weight excluding hydrogens is 250 g/mol. The van der Waals surface area contributed by atoms with Gasteiger partial charge in [-0.15, -0.1) is 6.58 Å². The molecule has 1 atom stereocenters. The second-order valence-electron chi connectivity index (χ2n) is 5.81. The molecule has 1 heterocycles. The molecule has 1 fully saturated rings. The normalized spacial score (nSPS) is 23.5. The van der Waals surface area contributed by atoms with E-state index < -0.39 is 0 Å². The van der Waals surface area contributed by atoms with Crippen LogP contribution in [-0.2, 0) is 6.54 Å². The number of piperidine rings is 1. The van der Waals surface area contributed by atoms with E-state index in [0.29, 0.717) is 0 Å². The number of nitrogens with zero attached hydrogens (tertiary/aromatic N) is 1. The van der Waals surface area contributed by atoms with Gasteiger partial charge in [0.15, 0.2) is 0 Å². The van der Waals surface area contributed by atoms with Gasteiger partial charge in [0.2, 0.25) is 0 Å². The average molecular weight is 275 g/mol. The van der Waals surface area contributed by atoms with Crippen LogP contribution in [0, 0.1) is 5.41 Å². The Morgan fingerprint density at radius 2 is 2.15 bits per heavy atom. The van der Waals surface area contributed by atoms with Crippen LogP contribution >= 0.6 is 0 Å². The molecule has 3 heteroatoms. The molecule has 1 aliphatic rings. The van der Waals surface area contributed by atoms with Crippen molar-refractivity contribution in [1.29, 1.82) is 0 Å². The number of likely N-dealkylation sites (tertiary alicyclic amines) is 1. The number of aliphatic hydroxyl groups is 1. The monoisotopic (exact) mass is 275 g/mol. The first kappa shape index (κ1) is 15.1. The number of methoxy groups -OCH3 is 1. The van der Waals surface area contributed by atoms with Crippen molar-refractivity contribution in [3.05, 3.63) is 42.5 Å². The number of hydrogen-bond acceptors (Lipinski definition) is 3. The zero-order valence-electron chi connectivity index (χ0n) is 12.3. The molecule has 0 bridgehead atoms. The number of benzene rings is 1. The van der Waals surface area contributed by atoms with Gasteiger partial charge in [-0.25, -0.2) is 0 Å². The Balaban J connectivity index is 1.99. The maximum atomic E-state index is 9.73. The Morgan fingerprint density at radius 1 is 1.40 bits per heavy atom. The first-order valence-corrected chi connectivity index (χ1v) is 7.28. The van der Waals surface area contributed by atoms with Gasteiger partial charge in [0.05, 0.1) is 13.7 Å². The molecule has 3 nitrogen and oxygen atoms in total. The first-order valence-electron chi connectivity index (χ1n) is 7.28. The lowest BCUT2D eigenvalue weighted by Gasteiger charge is -2.41. The first-order chi connectivity index (χ1) is 9.71. The third-order valence-corrected chi connectivity index (χ3v) is 4.22. The summed E-state index contributed by atoms with van der Waals surface area (Å²) in [7, 11) is 1.69. The van der Waals surface area contributed by atoms with Crippen LogP contribution in [-0.4, -0.2) is 36.8 Å². The van der Waals surface area contributed by atoms with Gasteiger partial charge in [0.1, 0.15) is 5.75 Å². The Hall–Kier alpha value is -1.32. The quantitative estimate of drug-likeness (QED) is 0.810. The minimum atomic E-state index is 0.00642. The summed E-state index contributed by atoms with van der Waals surface area (Å²) in [5.41, 5.74) is 1.30. The zero-order valence-corrected chi connectivity index (χ0v) is 12.3. The Kier molecular flexibility index (Phi) is 5.21. The van der Waals surface area contributed by atoms with E-state index in [-0.39, 0.29) is 12.0 Å². The van der Waals surface area contributed by atoms with E-state index in [1.807, 2.05) is 18.2 Å². The van der Waals surface area contributed by atoms with Gasteiger partial charge in [-0.3, -0.25) is 4.90 Å². The highest BCUT2D eigenvalue weighted by atomic mass is 16.5. The van der Waals surface area contributed by atoms with Crippen LogP contribution in [0.5, 0.6) is 5.75 Å². The summed E-state index contributed by atoms with van der Waals surface area (Å²) in [6.07, 6.45) is 5.06. The molecular formula is C17H25NO2. The van der Waals surface area contributed by atoms with Gasteiger partial charge >= 0.3 is 0 Å². The van der Waals surface area contributed by atoms with Crippen LogP contribution in [0.3, 0.4) is 0 Å². The van der Waals surface area contributed by atoms with Crippen molar-refractivity contribution < 1.29 is 9.84 Å². The fourth-order valence-corrected chi connectivity index (χ4v) is 3.10. The molecule has 1 aromatic rings. The molecule has 2 rings (SSSR count). The summed E-state index contributed by atoms with van der Waals surface area (Å²) >= 11 is 0. The molecule has 1 aromatic carbocycles. The van der Waals surface area contributed by atoms with Crippen LogP contribution in [0.4, 0.5) is 0 Å². The molecule has 1 saturated heterocycles. The zero-order chi connectivity index (χ0) is 14.4. The Morgan fingerprint density at radius 3 is 2.75 bits per heavy atom. The minimum Gasteiger partial charge on any atom is -0.497 e. The van der Waals surface area contributed by atoms with E-state index in [1.54, 1.807) is 7.11 Å². The number of aliphatic hydroxyl groups excluding tert-OH is 1. The van der Waals surface area contributed by atoms with E-state index in [9.17, 15) is 5.11 Å². The Bertz CT molecular complexity index is 429. The summed E-state index contributed by atoms with van der Waals surface area (Å²) in [6.45, 7) is 7.06. The van der Waals surface area contributed by atoms with Crippen LogP contribution in [0.15, 0.2) is 36.9 Å². The van der Waals surface area contributed by atoms with Gasteiger partial charge < -0.3 is 9.84 Å². The summed E-state index contributed by atoms with van der Waals surface area (Å²) in [5, 5.41) is 9.73. The van der Waals surface area contributed by atoms with E-state index in [4.69, 9.17) is 4.74 Å². The van der Waals surface area contributed by atoms with Crippen molar-refractivity contribution >= 4 is 0 Å². The maximum absolute atomic E-state index is 9.73. The third-order valence-electron chi connectivity index (χ3n) is 4.22. The number of ether oxygens (including phenoxy) is 1. The predicted octanol–water partition coefficient (Wildman–Crippen LogP) is 2.85. The lowest BCUT2D eigenvalue weighted by molar-refractivity contribution is 0.0309. The van der Waals surface area contributed by atoms with Crippen molar-refractivity contribution in [3.63, 3.8) is 0 Å². The molecule has 0 saturated carbocycles. The van der Waals surface area contributed by atoms with E-state index in [1.165, 1.54) is 5.56 Å². The average Bonchev–Trinajstić information content (AvgIpc) is 2.49. The van der Waals surface area contributed by atoms with Crippen molar-refractivity contribution in [2.75, 3.05) is 26.8 Å². The fraction of sp³-hybridized carbons (Fsp3) is 0.529. The third kappa shape index (κ3) is 3.62. The maximum Gasteiger partial charge on any atom is 0.118 e. The topological polar surface area (TPSA) is 32.7 Å². The van der Waals surface area contributed by atoms with Crippen molar-refractivity contribution in [1.82, 2.24) is 4.90 Å². The molecule has 0 spiro atoms. The number of rotatable bonds is 6. The molecule has 0 amide bonds. The number of hydrogen-bond donors (Lipinski definition) is 1. The van der Waals surface area contributed by atoms with E-state index >= 15 is 0 Å². The largest absolute Gasteiger partial charge is 0.497 e. The summed E-state index contributed by atoms with van der Waals surface area (Å²) in [5.74, 6) is 0.892. The Labute approximate surface area is 121 Å². The second-order valence-corrected chi connectivity index (χ2v) is 5.81. The van der Waals surface area contributed by atoms with Crippen molar-refractivity contribution in [2.24, 2.45) is 5.41 Å². The highest BCUT2D eigenvalue weighted by molar-refractivity contribution is 5.27. The lowest BCUT2D eigenvalue weighted by Crippen LogP contribution is -2.44. The van der Waals surface area contributed by atoms with E-state index in [0.717, 1.165) is 44.6 Å². The van der Waals surface area contributed by atoms with Crippen molar-refractivity contribution in [3.8, 4) is 5.75 Å². The standard InChI is InChI=1S/C17H25NO2/c1-3-9-17(14-19)10-4-11-18(13-17)12-15-5-7-16(20-2)8-6-15/h3,5-8,19H,1,4,9-14H2,2H3. The van der Waals surface area contributed by atoms with Crippen LogP contribution in [0.2, 0.25) is 0 Å². The van der Waals surface area contributed by atoms with Gasteiger partial charge in [0.25, 0.3) is 0 Å². The SMILES string of the molecule is C=CCC1(CO)CCCN(Cc2ccc(OC)cc2)C1. The highest BCUT2D eigenvalue weighted by Crippen LogP contribution is 2.34. The van der Waals surface area contributed by atoms with Gasteiger partial charge in [-0.05, 0) is 43.5 Å². The van der Waals surface area contributed by atoms with Crippen LogP contribution in [0.25, 0.3) is 0 Å². The molecule has 20 heavy (non-hydrogen) atoms. The minimum absolute atomic E-state index is 0.00642. The van der Waals surface area contributed by atoms with Crippen LogP contribution < -0.4 is 4.74 Å². The molecule has 0 radical (unpaired) electrons. The van der Waals surface area contributed by atoms with Crippen LogP contribution in [0.1, 0.15) is 24.8 Å². The molecule has 0 aromatic heterocycles. The van der Waals surface area contributed by atoms with E-state index in [2.05, 4.69) is 23.6 Å². The van der Waals surface area contributed by atoms with Gasteiger partial charge in [-0.1, -0.05) is 18.2 Å². The van der Waals surface area contributed by atoms with Gasteiger partial charge in [-0.2, -0.15) is 0 Å². The predicted molar refractivity (Wildman–Crippen MR) is 81.8 cm³/mol. The second kappa shape index (κ2) is 6.91. The highest BCUT2D eigenvalue weighted by Gasteiger charge is 2.33. The fourth-order valence-electron chi connectivity index (χ4n) is 3.10. The summed E-state index contributed by atoms with van der Waals surface area (Å²) in [4.78, 5) is 2.44. The molecule has 110 valence electrons. The van der Waals surface area contributed by atoms with Gasteiger partial charge in [0, 0.05) is 18.5 Å². The van der Waals surface area contributed by atoms with Crippen molar-refractivity contribution in [2.45, 2.75) is 25.8 Å².